The molecule has 0 aromatic heterocycles. The molecule has 168 valence electrons. The van der Waals surface area contributed by atoms with Gasteiger partial charge in [-0.3, -0.25) is 9.79 Å². The molecular formula is C22H28FIN4O3. The number of benzene rings is 2. The monoisotopic (exact) mass is 542 g/mol. The number of rotatable bonds is 7. The SMILES string of the molecule is CN=C(NCC(=O)Nc1cccc(F)c1)NCc1ccc(C)cc1OC1CCOC1.I. The summed E-state index contributed by atoms with van der Waals surface area (Å²) in [7, 11) is 1.63. The Kier molecular flexibility index (Phi) is 9.99. The molecule has 7 nitrogen and oxygen atoms in total. The lowest BCUT2D eigenvalue weighted by atomic mass is 10.1. The fourth-order valence-electron chi connectivity index (χ4n) is 3.04. The molecule has 1 amide bonds. The highest BCUT2D eigenvalue weighted by Crippen LogP contribution is 2.23. The van der Waals surface area contributed by atoms with Crippen LogP contribution in [0, 0.1) is 12.7 Å². The number of ether oxygens (including phenoxy) is 2. The number of aliphatic imine (C=N–C) groups is 1. The minimum atomic E-state index is -0.404. The number of guanidine groups is 1. The van der Waals surface area contributed by atoms with Crippen molar-refractivity contribution in [3.05, 3.63) is 59.4 Å². The predicted octanol–water partition coefficient (Wildman–Crippen LogP) is 3.22. The molecule has 0 spiro atoms. The van der Waals surface area contributed by atoms with Gasteiger partial charge in [0, 0.05) is 31.3 Å². The number of nitrogens with zero attached hydrogens (tertiary/aromatic N) is 1. The first-order valence-electron chi connectivity index (χ1n) is 9.87. The molecule has 9 heteroatoms. The van der Waals surface area contributed by atoms with Crippen molar-refractivity contribution in [2.45, 2.75) is 26.0 Å². The van der Waals surface area contributed by atoms with Crippen LogP contribution in [-0.2, 0) is 16.1 Å². The molecule has 0 aliphatic carbocycles. The molecule has 1 fully saturated rings. The molecule has 3 N–H and O–H groups in total. The smallest absolute Gasteiger partial charge is 0.243 e. The van der Waals surface area contributed by atoms with Crippen molar-refractivity contribution in [2.75, 3.05) is 32.1 Å². The van der Waals surface area contributed by atoms with E-state index in [0.717, 1.165) is 29.9 Å². The van der Waals surface area contributed by atoms with Gasteiger partial charge in [0.25, 0.3) is 0 Å². The Balaban J connectivity index is 0.00000341. The van der Waals surface area contributed by atoms with Gasteiger partial charge in [-0.05, 0) is 36.8 Å². The van der Waals surface area contributed by atoms with E-state index in [4.69, 9.17) is 9.47 Å². The van der Waals surface area contributed by atoms with Gasteiger partial charge in [-0.1, -0.05) is 18.2 Å². The number of nitrogens with one attached hydrogen (secondary N) is 3. The number of carbonyl (C=O) groups is 1. The summed E-state index contributed by atoms with van der Waals surface area (Å²) in [5.41, 5.74) is 2.51. The number of halogens is 2. The van der Waals surface area contributed by atoms with E-state index in [1.165, 1.54) is 18.2 Å². The van der Waals surface area contributed by atoms with E-state index in [1.54, 1.807) is 13.1 Å². The summed E-state index contributed by atoms with van der Waals surface area (Å²) in [6.07, 6.45) is 0.944. The van der Waals surface area contributed by atoms with Gasteiger partial charge in [0.1, 0.15) is 17.7 Å². The summed E-state index contributed by atoms with van der Waals surface area (Å²) in [6, 6.07) is 11.8. The van der Waals surface area contributed by atoms with E-state index in [-0.39, 0.29) is 42.5 Å². The van der Waals surface area contributed by atoms with Crippen LogP contribution in [0.25, 0.3) is 0 Å². The van der Waals surface area contributed by atoms with Crippen molar-refractivity contribution in [2.24, 2.45) is 4.99 Å². The molecule has 3 rings (SSSR count). The second kappa shape index (κ2) is 12.5. The number of amides is 1. The number of aryl methyl sites for hydroxylation is 1. The quantitative estimate of drug-likeness (QED) is 0.285. The van der Waals surface area contributed by atoms with Crippen LogP contribution < -0.4 is 20.7 Å². The molecule has 1 unspecified atom stereocenters. The van der Waals surface area contributed by atoms with Crippen LogP contribution in [0.15, 0.2) is 47.5 Å². The van der Waals surface area contributed by atoms with Crippen molar-refractivity contribution in [1.29, 1.82) is 0 Å². The molecule has 1 saturated heterocycles. The van der Waals surface area contributed by atoms with E-state index in [9.17, 15) is 9.18 Å². The van der Waals surface area contributed by atoms with Crippen LogP contribution in [0.2, 0.25) is 0 Å². The highest BCUT2D eigenvalue weighted by Gasteiger charge is 2.19. The second-order valence-electron chi connectivity index (χ2n) is 7.05. The van der Waals surface area contributed by atoms with Crippen molar-refractivity contribution < 1.29 is 18.7 Å². The number of anilines is 1. The lowest BCUT2D eigenvalue weighted by molar-refractivity contribution is -0.115. The molecular weight excluding hydrogens is 514 g/mol. The van der Waals surface area contributed by atoms with Crippen LogP contribution in [-0.4, -0.2) is 44.8 Å². The van der Waals surface area contributed by atoms with Gasteiger partial charge in [-0.15, -0.1) is 24.0 Å². The highest BCUT2D eigenvalue weighted by atomic mass is 127. The van der Waals surface area contributed by atoms with Crippen LogP contribution in [0.3, 0.4) is 0 Å². The van der Waals surface area contributed by atoms with E-state index < -0.39 is 5.82 Å². The van der Waals surface area contributed by atoms with Crippen molar-refractivity contribution >= 4 is 41.5 Å². The zero-order chi connectivity index (χ0) is 21.3. The standard InChI is InChI=1S/C22H27FN4O3.HI/c1-15-6-7-16(20(10-15)30-19-8-9-29-14-19)12-25-22(24-2)26-13-21(28)27-18-5-3-4-17(23)11-18;/h3-7,10-11,19H,8-9,12-14H2,1-2H3,(H,27,28)(H2,24,25,26);1H. The molecule has 1 atom stereocenters. The van der Waals surface area contributed by atoms with Gasteiger partial charge < -0.3 is 25.4 Å². The van der Waals surface area contributed by atoms with Crippen LogP contribution in [0.1, 0.15) is 17.5 Å². The molecule has 31 heavy (non-hydrogen) atoms. The molecule has 2 aromatic carbocycles. The molecule has 2 aromatic rings. The maximum atomic E-state index is 13.2. The van der Waals surface area contributed by atoms with Gasteiger partial charge >= 0.3 is 0 Å². The summed E-state index contributed by atoms with van der Waals surface area (Å²) in [4.78, 5) is 16.2. The Morgan fingerprint density at radius 3 is 2.81 bits per heavy atom. The Hall–Kier alpha value is -2.40. The fraction of sp³-hybridized carbons (Fsp3) is 0.364. The molecule has 1 heterocycles. The van der Waals surface area contributed by atoms with Gasteiger partial charge in [0.2, 0.25) is 5.91 Å². The second-order valence-corrected chi connectivity index (χ2v) is 7.05. The van der Waals surface area contributed by atoms with E-state index in [2.05, 4.69) is 20.9 Å². The van der Waals surface area contributed by atoms with E-state index in [1.807, 2.05) is 25.1 Å². The normalized spacial score (nSPS) is 15.7. The molecule has 0 bridgehead atoms. The Bertz CT molecular complexity index is 904. The Labute approximate surface area is 198 Å². The van der Waals surface area contributed by atoms with E-state index in [0.29, 0.717) is 24.8 Å². The fourth-order valence-corrected chi connectivity index (χ4v) is 3.04. The molecule has 1 aliphatic rings. The van der Waals surface area contributed by atoms with Gasteiger partial charge in [-0.25, -0.2) is 4.39 Å². The van der Waals surface area contributed by atoms with Gasteiger partial charge in [0.05, 0.1) is 19.8 Å². The molecule has 0 radical (unpaired) electrons. The lowest BCUT2D eigenvalue weighted by Gasteiger charge is -2.18. The minimum Gasteiger partial charge on any atom is -0.488 e. The summed E-state index contributed by atoms with van der Waals surface area (Å²) in [5, 5.41) is 8.77. The third kappa shape index (κ3) is 7.98. The first kappa shape index (κ1) is 24.9. The lowest BCUT2D eigenvalue weighted by Crippen LogP contribution is -2.41. The molecule has 1 aliphatic heterocycles. The summed E-state index contributed by atoms with van der Waals surface area (Å²) >= 11 is 0. The largest absolute Gasteiger partial charge is 0.488 e. The molecule has 0 saturated carbocycles. The Morgan fingerprint density at radius 1 is 1.26 bits per heavy atom. The summed E-state index contributed by atoms with van der Waals surface area (Å²) < 4.78 is 24.7. The topological polar surface area (TPSA) is 84.0 Å². The van der Waals surface area contributed by atoms with Crippen molar-refractivity contribution in [3.63, 3.8) is 0 Å². The van der Waals surface area contributed by atoms with Crippen LogP contribution in [0.5, 0.6) is 5.75 Å². The minimum absolute atomic E-state index is 0. The zero-order valence-corrected chi connectivity index (χ0v) is 19.9. The first-order chi connectivity index (χ1) is 14.5. The Morgan fingerprint density at radius 2 is 2.10 bits per heavy atom. The zero-order valence-electron chi connectivity index (χ0n) is 17.6. The third-order valence-corrected chi connectivity index (χ3v) is 4.60. The van der Waals surface area contributed by atoms with Crippen molar-refractivity contribution in [1.82, 2.24) is 10.6 Å². The summed E-state index contributed by atoms with van der Waals surface area (Å²) in [5.74, 6) is 0.583. The average Bonchev–Trinajstić information content (AvgIpc) is 3.22. The predicted molar refractivity (Wildman–Crippen MR) is 130 cm³/mol. The maximum Gasteiger partial charge on any atom is 0.243 e. The first-order valence-corrected chi connectivity index (χ1v) is 9.87. The van der Waals surface area contributed by atoms with Crippen LogP contribution in [0.4, 0.5) is 10.1 Å². The van der Waals surface area contributed by atoms with Crippen molar-refractivity contribution in [3.8, 4) is 5.75 Å². The number of carbonyl (C=O) groups excluding carboxylic acids is 1. The van der Waals surface area contributed by atoms with Gasteiger partial charge in [-0.2, -0.15) is 0 Å². The number of hydrogen-bond acceptors (Lipinski definition) is 4. The number of hydrogen-bond donors (Lipinski definition) is 3. The maximum absolute atomic E-state index is 13.2. The summed E-state index contributed by atoms with van der Waals surface area (Å²) in [6.45, 7) is 3.82. The highest BCUT2D eigenvalue weighted by molar-refractivity contribution is 14.0. The van der Waals surface area contributed by atoms with E-state index >= 15 is 0 Å². The van der Waals surface area contributed by atoms with Gasteiger partial charge in [0.15, 0.2) is 5.96 Å². The van der Waals surface area contributed by atoms with Crippen LogP contribution >= 0.6 is 24.0 Å². The average molecular weight is 542 g/mol. The third-order valence-electron chi connectivity index (χ3n) is 4.60.